The van der Waals surface area contributed by atoms with Crippen LogP contribution in [0.3, 0.4) is 0 Å². The number of carbonyl (C=O) groups excluding carboxylic acids is 4. The molecule has 1 saturated heterocycles. The zero-order valence-electron chi connectivity index (χ0n) is 24.1. The molecule has 0 saturated carbocycles. The molecule has 0 unspecified atom stereocenters. The summed E-state index contributed by atoms with van der Waals surface area (Å²) in [6.45, 7) is 7.81. The molecular weight excluding hydrogens is 548 g/mol. The van der Waals surface area contributed by atoms with Gasteiger partial charge in [-0.3, -0.25) is 19.2 Å². The first kappa shape index (κ1) is 31.9. The Balaban J connectivity index is 1.61. The molecule has 0 radical (unpaired) electrons. The fraction of sp³-hybridized carbons (Fsp3) is 0.467. The average Bonchev–Trinajstić information content (AvgIpc) is 2.94. The molecule has 4 amide bonds. The van der Waals surface area contributed by atoms with Gasteiger partial charge in [-0.05, 0) is 75.4 Å². The average molecular weight is 587 g/mol. The molecule has 0 atom stereocenters. The molecule has 10 nitrogen and oxygen atoms in total. The van der Waals surface area contributed by atoms with Crippen molar-refractivity contribution in [3.63, 3.8) is 0 Å². The number of piperidine rings is 1. The molecule has 11 heteroatoms. The normalized spacial score (nSPS) is 14.6. The summed E-state index contributed by atoms with van der Waals surface area (Å²) < 4.78 is 5.18. The summed E-state index contributed by atoms with van der Waals surface area (Å²) in [7, 11) is 0. The van der Waals surface area contributed by atoms with Gasteiger partial charge in [-0.2, -0.15) is 0 Å². The molecule has 1 aliphatic rings. The molecule has 3 N–H and O–H groups in total. The third kappa shape index (κ3) is 9.75. The van der Waals surface area contributed by atoms with E-state index in [-0.39, 0.29) is 44.6 Å². The number of nitrogens with zero attached hydrogens (tertiary/aromatic N) is 1. The molecule has 0 aromatic heterocycles. The summed E-state index contributed by atoms with van der Waals surface area (Å²) in [5.41, 5.74) is 3.23. The van der Waals surface area contributed by atoms with Gasteiger partial charge in [0.15, 0.2) is 0 Å². The molecule has 1 aliphatic heterocycles. The van der Waals surface area contributed by atoms with Gasteiger partial charge in [0.05, 0.1) is 12.0 Å². The van der Waals surface area contributed by atoms with Crippen molar-refractivity contribution >= 4 is 35.4 Å². The number of nitrogens with one attached hydrogen (secondary N) is 3. The molecule has 1 heterocycles. The van der Waals surface area contributed by atoms with E-state index < -0.39 is 23.0 Å². The first-order valence-electron chi connectivity index (χ1n) is 13.7. The molecule has 0 spiro atoms. The molecule has 0 aliphatic carbocycles. The number of rotatable bonds is 10. The van der Waals surface area contributed by atoms with E-state index in [4.69, 9.17) is 21.2 Å². The van der Waals surface area contributed by atoms with Crippen LogP contribution < -0.4 is 16.1 Å². The molecular formula is C30H39ClN4O6. The van der Waals surface area contributed by atoms with Crippen LogP contribution in [0.4, 0.5) is 4.79 Å². The minimum absolute atomic E-state index is 0.0730. The fourth-order valence-electron chi connectivity index (χ4n) is 4.36. The Kier molecular flexibility index (Phi) is 11.1. The summed E-state index contributed by atoms with van der Waals surface area (Å²) >= 11 is 5.97. The van der Waals surface area contributed by atoms with Crippen molar-refractivity contribution in [2.45, 2.75) is 59.1 Å². The highest BCUT2D eigenvalue weighted by molar-refractivity contribution is 6.30. The SMILES string of the molecule is CCc1ccc(C(=O)NOCC2(C(=O)NCc3ccc(Cl)cc3)CCN(C(=O)CNC(=O)OC(C)(C)C)CC2)cc1. The Morgan fingerprint density at radius 2 is 1.54 bits per heavy atom. The van der Waals surface area contributed by atoms with Gasteiger partial charge in [-0.25, -0.2) is 10.3 Å². The van der Waals surface area contributed by atoms with Gasteiger partial charge < -0.3 is 20.3 Å². The second-order valence-electron chi connectivity index (χ2n) is 11.1. The number of benzene rings is 2. The van der Waals surface area contributed by atoms with Gasteiger partial charge in [0.25, 0.3) is 5.91 Å². The number of amides is 4. The molecule has 3 rings (SSSR count). The van der Waals surface area contributed by atoms with Crippen LogP contribution in [0.1, 0.15) is 62.0 Å². The molecule has 1 fully saturated rings. The minimum Gasteiger partial charge on any atom is -0.444 e. The van der Waals surface area contributed by atoms with Gasteiger partial charge in [0.2, 0.25) is 11.8 Å². The first-order chi connectivity index (χ1) is 19.4. The van der Waals surface area contributed by atoms with E-state index >= 15 is 0 Å². The predicted octanol–water partition coefficient (Wildman–Crippen LogP) is 4.01. The van der Waals surface area contributed by atoms with E-state index in [1.807, 2.05) is 31.2 Å². The van der Waals surface area contributed by atoms with Crippen LogP contribution in [0.15, 0.2) is 48.5 Å². The highest BCUT2D eigenvalue weighted by atomic mass is 35.5. The van der Waals surface area contributed by atoms with Crippen molar-refractivity contribution < 1.29 is 28.8 Å². The monoisotopic (exact) mass is 586 g/mol. The van der Waals surface area contributed by atoms with Crippen LogP contribution in [-0.2, 0) is 32.1 Å². The van der Waals surface area contributed by atoms with Crippen LogP contribution in [0, 0.1) is 5.41 Å². The van der Waals surface area contributed by atoms with Crippen LogP contribution in [0.25, 0.3) is 0 Å². The highest BCUT2D eigenvalue weighted by Crippen LogP contribution is 2.32. The quantitative estimate of drug-likeness (QED) is 0.361. The largest absolute Gasteiger partial charge is 0.444 e. The van der Waals surface area contributed by atoms with Gasteiger partial charge in [0, 0.05) is 30.2 Å². The van der Waals surface area contributed by atoms with Crippen LogP contribution in [0.2, 0.25) is 5.02 Å². The lowest BCUT2D eigenvalue weighted by Gasteiger charge is -2.40. The van der Waals surface area contributed by atoms with E-state index in [0.29, 0.717) is 23.4 Å². The van der Waals surface area contributed by atoms with Crippen LogP contribution in [0.5, 0.6) is 0 Å². The Labute approximate surface area is 246 Å². The van der Waals surface area contributed by atoms with Crippen molar-refractivity contribution in [3.8, 4) is 0 Å². The zero-order valence-corrected chi connectivity index (χ0v) is 24.8. The molecule has 41 heavy (non-hydrogen) atoms. The van der Waals surface area contributed by atoms with E-state index in [2.05, 4.69) is 16.1 Å². The summed E-state index contributed by atoms with van der Waals surface area (Å²) in [6, 6.07) is 14.4. The van der Waals surface area contributed by atoms with E-state index in [9.17, 15) is 19.2 Å². The van der Waals surface area contributed by atoms with Gasteiger partial charge in [-0.1, -0.05) is 42.8 Å². The Morgan fingerprint density at radius 3 is 2.12 bits per heavy atom. The fourth-order valence-corrected chi connectivity index (χ4v) is 4.48. The second-order valence-corrected chi connectivity index (χ2v) is 11.5. The standard InChI is InChI=1S/C30H39ClN4O6/c1-5-21-6-10-23(11-7-21)26(37)34-40-20-30(27(38)32-18-22-8-12-24(31)13-9-22)14-16-35(17-15-30)25(36)19-33-28(39)41-29(2,3)4/h6-13H,5,14-20H2,1-4H3,(H,32,38)(H,33,39)(H,34,37). The lowest BCUT2D eigenvalue weighted by molar-refractivity contribution is -0.146. The topological polar surface area (TPSA) is 126 Å². The van der Waals surface area contributed by atoms with Crippen LogP contribution >= 0.6 is 11.6 Å². The third-order valence-corrected chi connectivity index (χ3v) is 7.09. The minimum atomic E-state index is -0.985. The smallest absolute Gasteiger partial charge is 0.408 e. The number of alkyl carbamates (subject to hydrolysis) is 1. The van der Waals surface area contributed by atoms with Crippen molar-refractivity contribution in [3.05, 3.63) is 70.2 Å². The van der Waals surface area contributed by atoms with Crippen molar-refractivity contribution in [1.29, 1.82) is 0 Å². The van der Waals surface area contributed by atoms with E-state index in [0.717, 1.165) is 17.5 Å². The summed E-state index contributed by atoms with van der Waals surface area (Å²) in [5, 5.41) is 6.04. The number of likely N-dealkylation sites (tertiary alicyclic amines) is 1. The van der Waals surface area contributed by atoms with Gasteiger partial charge >= 0.3 is 6.09 Å². The lowest BCUT2D eigenvalue weighted by Crippen LogP contribution is -2.54. The van der Waals surface area contributed by atoms with Gasteiger partial charge in [-0.15, -0.1) is 0 Å². The van der Waals surface area contributed by atoms with E-state index in [1.165, 1.54) is 0 Å². The Bertz CT molecular complexity index is 1200. The number of hydroxylamine groups is 1. The second kappa shape index (κ2) is 14.3. The number of ether oxygens (including phenoxy) is 1. The molecule has 222 valence electrons. The number of aryl methyl sites for hydroxylation is 1. The maximum Gasteiger partial charge on any atom is 0.408 e. The molecule has 2 aromatic carbocycles. The Hall–Kier alpha value is -3.63. The first-order valence-corrected chi connectivity index (χ1v) is 14.1. The lowest BCUT2D eigenvalue weighted by atomic mass is 9.78. The summed E-state index contributed by atoms with van der Waals surface area (Å²) in [6.07, 6.45) is 0.798. The maximum atomic E-state index is 13.5. The van der Waals surface area contributed by atoms with Crippen molar-refractivity contribution in [2.75, 3.05) is 26.2 Å². The van der Waals surface area contributed by atoms with Gasteiger partial charge in [0.1, 0.15) is 12.1 Å². The van der Waals surface area contributed by atoms with E-state index in [1.54, 1.807) is 49.9 Å². The predicted molar refractivity (Wildman–Crippen MR) is 155 cm³/mol. The number of hydrogen-bond donors (Lipinski definition) is 3. The zero-order chi connectivity index (χ0) is 30.0. The number of hydrogen-bond acceptors (Lipinski definition) is 6. The number of halogens is 1. The summed E-state index contributed by atoms with van der Waals surface area (Å²) in [5.74, 6) is -0.936. The van der Waals surface area contributed by atoms with Crippen molar-refractivity contribution in [1.82, 2.24) is 21.0 Å². The number of carbonyl (C=O) groups is 4. The third-order valence-electron chi connectivity index (χ3n) is 6.84. The molecule has 0 bridgehead atoms. The Morgan fingerprint density at radius 1 is 0.927 bits per heavy atom. The van der Waals surface area contributed by atoms with Crippen LogP contribution in [-0.4, -0.2) is 60.6 Å². The maximum absolute atomic E-state index is 13.5. The highest BCUT2D eigenvalue weighted by Gasteiger charge is 2.43. The van der Waals surface area contributed by atoms with Crippen molar-refractivity contribution in [2.24, 2.45) is 5.41 Å². The summed E-state index contributed by atoms with van der Waals surface area (Å²) in [4.78, 5) is 58.0. The molecule has 2 aromatic rings.